The van der Waals surface area contributed by atoms with Gasteiger partial charge in [-0.15, -0.1) is 0 Å². The fourth-order valence-corrected chi connectivity index (χ4v) is 4.30. The maximum absolute atomic E-state index is 11.9. The Labute approximate surface area is 205 Å². The van der Waals surface area contributed by atoms with Crippen molar-refractivity contribution in [2.24, 2.45) is 5.73 Å². The molecule has 7 nitrogen and oxygen atoms in total. The van der Waals surface area contributed by atoms with E-state index in [1.807, 2.05) is 36.4 Å². The maximum Gasteiger partial charge on any atom is 0.307 e. The Bertz CT molecular complexity index is 1190. The molecule has 7 heteroatoms. The summed E-state index contributed by atoms with van der Waals surface area (Å²) in [4.78, 5) is 11.9. The molecule has 3 aromatic carbocycles. The summed E-state index contributed by atoms with van der Waals surface area (Å²) < 4.78 is 17.5. The van der Waals surface area contributed by atoms with Crippen molar-refractivity contribution < 1.29 is 19.0 Å². The first-order chi connectivity index (χ1) is 17.1. The van der Waals surface area contributed by atoms with Gasteiger partial charge < -0.3 is 19.9 Å². The Morgan fingerprint density at radius 2 is 1.86 bits per heavy atom. The summed E-state index contributed by atoms with van der Waals surface area (Å²) in [6.07, 6.45) is 1.85. The van der Waals surface area contributed by atoms with Crippen molar-refractivity contribution in [3.8, 4) is 23.3 Å². The van der Waals surface area contributed by atoms with Crippen molar-refractivity contribution in [3.05, 3.63) is 89.0 Å². The van der Waals surface area contributed by atoms with Gasteiger partial charge in [0.1, 0.15) is 23.4 Å². The van der Waals surface area contributed by atoms with Crippen LogP contribution >= 0.6 is 0 Å². The zero-order valence-electron chi connectivity index (χ0n) is 19.7. The van der Waals surface area contributed by atoms with E-state index >= 15 is 0 Å². The number of benzene rings is 3. The Balaban J connectivity index is 1.44. The molecule has 0 bridgehead atoms. The van der Waals surface area contributed by atoms with Crippen molar-refractivity contribution >= 4 is 5.97 Å². The second kappa shape index (κ2) is 11.5. The van der Waals surface area contributed by atoms with Crippen LogP contribution in [0.4, 0.5) is 0 Å². The van der Waals surface area contributed by atoms with Gasteiger partial charge in [-0.25, -0.2) is 0 Å². The van der Waals surface area contributed by atoms with Gasteiger partial charge in [-0.05, 0) is 73.4 Å². The summed E-state index contributed by atoms with van der Waals surface area (Å²) in [6.45, 7) is 2.40. The maximum atomic E-state index is 11.9. The predicted octanol–water partition coefficient (Wildman–Crippen LogP) is 4.92. The van der Waals surface area contributed by atoms with Crippen LogP contribution in [-0.2, 0) is 16.0 Å². The Morgan fingerprint density at radius 1 is 1.11 bits per heavy atom. The van der Waals surface area contributed by atoms with E-state index < -0.39 is 0 Å². The Morgan fingerprint density at radius 3 is 2.54 bits per heavy atom. The summed E-state index contributed by atoms with van der Waals surface area (Å²) in [5, 5.41) is 12.1. The quantitative estimate of drug-likeness (QED) is 0.319. The number of carbonyl (C=O) groups excluding carboxylic acids is 1. The fraction of sp³-hybridized carbons (Fsp3) is 0.286. The first-order valence-corrected chi connectivity index (χ1v) is 11.8. The number of nitrogens with zero attached hydrogens (tertiary/aromatic N) is 1. The first-order valence-electron chi connectivity index (χ1n) is 11.8. The number of ether oxygens (including phenoxy) is 3. The number of nitrogens with two attached hydrogens (primary N) is 1. The molecule has 0 amide bonds. The molecule has 2 atom stereocenters. The molecule has 0 saturated heterocycles. The molecule has 1 unspecified atom stereocenters. The second-order valence-corrected chi connectivity index (χ2v) is 8.25. The molecule has 0 fully saturated rings. The number of hydrogen-bond acceptors (Lipinski definition) is 7. The van der Waals surface area contributed by atoms with Crippen LogP contribution in [0, 0.1) is 11.3 Å². The van der Waals surface area contributed by atoms with Crippen LogP contribution in [0.25, 0.3) is 0 Å². The molecule has 4 rings (SSSR count). The monoisotopic (exact) mass is 471 g/mol. The Kier molecular flexibility index (Phi) is 7.99. The lowest BCUT2D eigenvalue weighted by Gasteiger charge is -2.19. The molecule has 3 N–H and O–H groups in total. The topological polar surface area (TPSA) is 107 Å². The standard InChI is InChI=1S/C28H29N3O4/c1-2-33-28(32)16-25(31-18-30)20-8-12-22(13-9-20)35-27-15-14-24-23(27)4-3-5-26(24)34-21-10-6-19(17-29)7-11-21/h3-13,25,27,31H,2,14-16,18,30H2,1H3/t25?,27-/m1/s1. The molecule has 0 heterocycles. The van der Waals surface area contributed by atoms with Crippen LogP contribution in [0.5, 0.6) is 17.2 Å². The molecule has 0 aliphatic heterocycles. The highest BCUT2D eigenvalue weighted by atomic mass is 16.5. The molecule has 3 aromatic rings. The third-order valence-corrected chi connectivity index (χ3v) is 5.99. The predicted molar refractivity (Wildman–Crippen MR) is 132 cm³/mol. The second-order valence-electron chi connectivity index (χ2n) is 8.25. The van der Waals surface area contributed by atoms with Crippen molar-refractivity contribution in [2.75, 3.05) is 13.3 Å². The van der Waals surface area contributed by atoms with E-state index in [2.05, 4.69) is 17.5 Å². The summed E-state index contributed by atoms with van der Waals surface area (Å²) in [7, 11) is 0. The van der Waals surface area contributed by atoms with Crippen molar-refractivity contribution in [3.63, 3.8) is 0 Å². The summed E-state index contributed by atoms with van der Waals surface area (Å²) >= 11 is 0. The minimum absolute atomic E-state index is 0.0714. The van der Waals surface area contributed by atoms with E-state index in [0.29, 0.717) is 17.9 Å². The minimum Gasteiger partial charge on any atom is -0.486 e. The summed E-state index contributed by atoms with van der Waals surface area (Å²) in [6, 6.07) is 22.7. The number of carbonyl (C=O) groups is 1. The third-order valence-electron chi connectivity index (χ3n) is 5.99. The summed E-state index contributed by atoms with van der Waals surface area (Å²) in [5.74, 6) is 2.00. The number of rotatable bonds is 10. The fourth-order valence-electron chi connectivity index (χ4n) is 4.30. The molecule has 35 heavy (non-hydrogen) atoms. The first kappa shape index (κ1) is 24.3. The molecule has 0 spiro atoms. The van der Waals surface area contributed by atoms with E-state index in [1.54, 1.807) is 31.2 Å². The van der Waals surface area contributed by atoms with Gasteiger partial charge >= 0.3 is 5.97 Å². The summed E-state index contributed by atoms with van der Waals surface area (Å²) in [5.41, 5.74) is 9.46. The van der Waals surface area contributed by atoms with Crippen LogP contribution in [-0.4, -0.2) is 19.2 Å². The van der Waals surface area contributed by atoms with Crippen LogP contribution in [0.1, 0.15) is 54.2 Å². The van der Waals surface area contributed by atoms with Gasteiger partial charge in [0.25, 0.3) is 0 Å². The zero-order valence-corrected chi connectivity index (χ0v) is 19.7. The van der Waals surface area contributed by atoms with E-state index in [-0.39, 0.29) is 31.2 Å². The number of nitriles is 1. The third kappa shape index (κ3) is 5.99. The molecule has 0 radical (unpaired) electrons. The molecule has 1 aliphatic carbocycles. The normalized spacial score (nSPS) is 15.1. The van der Waals surface area contributed by atoms with E-state index in [1.165, 1.54) is 0 Å². The van der Waals surface area contributed by atoms with Crippen LogP contribution in [0.2, 0.25) is 0 Å². The largest absolute Gasteiger partial charge is 0.486 e. The van der Waals surface area contributed by atoms with Gasteiger partial charge in [0.05, 0.1) is 24.7 Å². The lowest BCUT2D eigenvalue weighted by molar-refractivity contribution is -0.143. The lowest BCUT2D eigenvalue weighted by atomic mass is 10.0. The smallest absolute Gasteiger partial charge is 0.307 e. The van der Waals surface area contributed by atoms with Gasteiger partial charge in [-0.1, -0.05) is 24.3 Å². The number of esters is 1. The van der Waals surface area contributed by atoms with Gasteiger partial charge in [-0.3, -0.25) is 10.1 Å². The number of hydrogen-bond donors (Lipinski definition) is 2. The lowest BCUT2D eigenvalue weighted by Crippen LogP contribution is -2.29. The van der Waals surface area contributed by atoms with Gasteiger partial charge in [0.2, 0.25) is 0 Å². The van der Waals surface area contributed by atoms with E-state index in [0.717, 1.165) is 41.0 Å². The Hall–Kier alpha value is -3.86. The SMILES string of the molecule is CCOC(=O)CC(NCN)c1ccc(O[C@@H]2CCc3c(Oc4ccc(C#N)cc4)cccc32)cc1. The molecule has 0 aromatic heterocycles. The highest BCUT2D eigenvalue weighted by Gasteiger charge is 2.27. The van der Waals surface area contributed by atoms with E-state index in [9.17, 15) is 4.79 Å². The highest BCUT2D eigenvalue weighted by molar-refractivity contribution is 5.70. The van der Waals surface area contributed by atoms with Gasteiger partial charge in [0.15, 0.2) is 0 Å². The van der Waals surface area contributed by atoms with Crippen molar-refractivity contribution in [2.45, 2.75) is 38.3 Å². The van der Waals surface area contributed by atoms with Gasteiger partial charge in [0, 0.05) is 18.3 Å². The molecule has 0 saturated carbocycles. The molecule has 180 valence electrons. The minimum atomic E-state index is -0.264. The average Bonchev–Trinajstić information content (AvgIpc) is 3.28. The molecular formula is C28H29N3O4. The van der Waals surface area contributed by atoms with Gasteiger partial charge in [-0.2, -0.15) is 5.26 Å². The average molecular weight is 472 g/mol. The highest BCUT2D eigenvalue weighted by Crippen LogP contribution is 2.41. The number of nitrogens with one attached hydrogen (secondary N) is 1. The molecule has 1 aliphatic rings. The van der Waals surface area contributed by atoms with Crippen molar-refractivity contribution in [1.82, 2.24) is 5.32 Å². The van der Waals surface area contributed by atoms with Crippen LogP contribution < -0.4 is 20.5 Å². The number of fused-ring (bicyclic) bond motifs is 1. The van der Waals surface area contributed by atoms with Crippen LogP contribution in [0.15, 0.2) is 66.7 Å². The molecular weight excluding hydrogens is 442 g/mol. The van der Waals surface area contributed by atoms with Crippen molar-refractivity contribution in [1.29, 1.82) is 5.26 Å². The van der Waals surface area contributed by atoms with Crippen LogP contribution in [0.3, 0.4) is 0 Å². The zero-order chi connectivity index (χ0) is 24.6. The van der Waals surface area contributed by atoms with E-state index in [4.69, 9.17) is 25.2 Å².